The average molecular weight is 512 g/mol. The fourth-order valence-electron chi connectivity index (χ4n) is 7.79. The largest absolute Gasteiger partial charge is 0.339 e. The van der Waals surface area contributed by atoms with Gasteiger partial charge in [0.25, 0.3) is 0 Å². The maximum atomic E-state index is 14.5. The number of carbonyl (C=O) groups excluding carboxylic acids is 1. The second-order valence-electron chi connectivity index (χ2n) is 11.5. The van der Waals surface area contributed by atoms with Crippen LogP contribution >= 0.6 is 23.4 Å². The van der Waals surface area contributed by atoms with E-state index in [1.807, 2.05) is 0 Å². The lowest BCUT2D eigenvalue weighted by Crippen LogP contribution is -2.55. The summed E-state index contributed by atoms with van der Waals surface area (Å²) in [5.74, 6) is 1.65. The Balaban J connectivity index is 1.28. The number of aliphatic imine (C=N–C) groups is 1. The quantitative estimate of drug-likeness (QED) is 0.516. The molecule has 1 saturated carbocycles. The maximum absolute atomic E-state index is 14.5. The Morgan fingerprint density at radius 3 is 2.77 bits per heavy atom. The third-order valence-electron chi connectivity index (χ3n) is 9.63. The molecule has 0 aromatic heterocycles. The van der Waals surface area contributed by atoms with Gasteiger partial charge < -0.3 is 10.2 Å². The maximum Gasteiger partial charge on any atom is 0.227 e. The molecular weight excluding hydrogens is 474 g/mol. The SMILES string of the molecule is O=C([C@@H]1CNC[C@]12CCCC1=CC2SC(Cl)=N1)N1CC[C@@H](c2ccccc2)C[C@H]1C1CCCCC1. The van der Waals surface area contributed by atoms with Crippen molar-refractivity contribution in [1.82, 2.24) is 10.2 Å². The number of halogens is 1. The van der Waals surface area contributed by atoms with E-state index in [0.29, 0.717) is 28.3 Å². The smallest absolute Gasteiger partial charge is 0.227 e. The Morgan fingerprint density at radius 1 is 1.11 bits per heavy atom. The number of nitrogens with one attached hydrogen (secondary N) is 1. The first kappa shape index (κ1) is 24.1. The number of fused-ring (bicyclic) bond motifs is 2. The molecule has 1 aromatic rings. The topological polar surface area (TPSA) is 44.7 Å². The van der Waals surface area contributed by atoms with Gasteiger partial charge in [-0.15, -0.1) is 0 Å². The second-order valence-corrected chi connectivity index (χ2v) is 13.2. The van der Waals surface area contributed by atoms with Crippen LogP contribution in [-0.4, -0.2) is 46.2 Å². The number of hydrogen-bond acceptors (Lipinski definition) is 4. The molecule has 5 atom stereocenters. The molecule has 3 aliphatic heterocycles. The summed E-state index contributed by atoms with van der Waals surface area (Å²) in [5, 5.41) is 3.89. The van der Waals surface area contributed by atoms with Gasteiger partial charge in [0.05, 0.1) is 5.92 Å². The van der Waals surface area contributed by atoms with Crippen molar-refractivity contribution in [1.29, 1.82) is 0 Å². The lowest BCUT2D eigenvalue weighted by molar-refractivity contribution is -0.144. The molecule has 1 spiro atoms. The standard InChI is InChI=1S/C29H38ClN3OS/c30-28-32-23-12-7-14-29(26(17-23)35-28)19-31-18-24(29)27(34)33-15-13-22(20-8-3-1-4-9-20)16-25(33)21-10-5-2-6-11-21/h1,3-4,8-9,17,21-22,24-26,31H,2,5-7,10-16,18-19H2/t22-,24+,25+,26?,29-/m1/s1. The molecular formula is C29H38ClN3OS. The van der Waals surface area contributed by atoms with Crippen LogP contribution in [0.3, 0.4) is 0 Å². The van der Waals surface area contributed by atoms with Crippen LogP contribution in [0.4, 0.5) is 0 Å². The van der Waals surface area contributed by atoms with Crippen molar-refractivity contribution >= 4 is 33.8 Å². The van der Waals surface area contributed by atoms with Gasteiger partial charge in [-0.2, -0.15) is 0 Å². The van der Waals surface area contributed by atoms with Crippen LogP contribution in [0.5, 0.6) is 0 Å². The van der Waals surface area contributed by atoms with Gasteiger partial charge in [0.2, 0.25) is 5.91 Å². The Kier molecular flexibility index (Phi) is 7.03. The molecule has 1 amide bonds. The molecule has 1 N–H and O–H groups in total. The van der Waals surface area contributed by atoms with Crippen molar-refractivity contribution in [2.45, 2.75) is 81.4 Å². The Morgan fingerprint density at radius 2 is 1.94 bits per heavy atom. The van der Waals surface area contributed by atoms with E-state index >= 15 is 0 Å². The van der Waals surface area contributed by atoms with Crippen molar-refractivity contribution in [3.63, 3.8) is 0 Å². The fraction of sp³-hybridized carbons (Fsp3) is 0.655. The number of hydrogen-bond donors (Lipinski definition) is 1. The first-order valence-corrected chi connectivity index (χ1v) is 15.1. The lowest BCUT2D eigenvalue weighted by atomic mass is 9.70. The third-order valence-corrected chi connectivity index (χ3v) is 11.1. The van der Waals surface area contributed by atoms with E-state index in [9.17, 15) is 4.79 Å². The number of thioether (sulfide) groups is 1. The van der Waals surface area contributed by atoms with Gasteiger partial charge in [0.1, 0.15) is 0 Å². The van der Waals surface area contributed by atoms with Crippen LogP contribution in [0.25, 0.3) is 0 Å². The highest BCUT2D eigenvalue weighted by molar-refractivity contribution is 8.17. The monoisotopic (exact) mass is 511 g/mol. The number of piperidine rings is 1. The van der Waals surface area contributed by atoms with E-state index < -0.39 is 0 Å². The van der Waals surface area contributed by atoms with E-state index in [0.717, 1.165) is 57.4 Å². The normalized spacial score (nSPS) is 36.0. The molecule has 2 saturated heterocycles. The van der Waals surface area contributed by atoms with E-state index in [1.54, 1.807) is 11.8 Å². The predicted molar refractivity (Wildman–Crippen MR) is 146 cm³/mol. The minimum Gasteiger partial charge on any atom is -0.339 e. The summed E-state index contributed by atoms with van der Waals surface area (Å²) in [5.41, 5.74) is 2.51. The molecule has 5 aliphatic rings. The zero-order valence-electron chi connectivity index (χ0n) is 20.6. The summed E-state index contributed by atoms with van der Waals surface area (Å²) >= 11 is 8.16. The molecule has 35 heavy (non-hydrogen) atoms. The van der Waals surface area contributed by atoms with Crippen LogP contribution in [0.2, 0.25) is 0 Å². The number of amides is 1. The number of likely N-dealkylation sites (tertiary alicyclic amines) is 1. The Bertz CT molecular complexity index is 991. The van der Waals surface area contributed by atoms with Crippen molar-refractivity contribution in [2.24, 2.45) is 22.2 Å². The summed E-state index contributed by atoms with van der Waals surface area (Å²) in [4.78, 5) is 21.5. The summed E-state index contributed by atoms with van der Waals surface area (Å²) in [6.45, 7) is 2.60. The Labute approximate surface area is 219 Å². The summed E-state index contributed by atoms with van der Waals surface area (Å²) in [6, 6.07) is 11.4. The summed E-state index contributed by atoms with van der Waals surface area (Å²) in [7, 11) is 0. The average Bonchev–Trinajstić information content (AvgIpc) is 3.28. The summed E-state index contributed by atoms with van der Waals surface area (Å²) in [6.07, 6.45) is 14.2. The molecule has 1 unspecified atom stereocenters. The minimum atomic E-state index is -0.0625. The van der Waals surface area contributed by atoms with Gasteiger partial charge >= 0.3 is 0 Å². The van der Waals surface area contributed by atoms with Gasteiger partial charge in [0.15, 0.2) is 4.50 Å². The zero-order chi connectivity index (χ0) is 23.8. The third kappa shape index (κ3) is 4.62. The highest BCUT2D eigenvalue weighted by atomic mass is 35.5. The molecule has 3 heterocycles. The highest BCUT2D eigenvalue weighted by Crippen LogP contribution is 2.52. The molecule has 6 heteroatoms. The molecule has 188 valence electrons. The van der Waals surface area contributed by atoms with Crippen LogP contribution in [-0.2, 0) is 4.79 Å². The molecule has 4 nitrogen and oxygen atoms in total. The molecule has 3 fully saturated rings. The number of carbonyl (C=O) groups is 1. The van der Waals surface area contributed by atoms with Crippen molar-refractivity contribution in [3.8, 4) is 0 Å². The lowest BCUT2D eigenvalue weighted by Gasteiger charge is -2.48. The van der Waals surface area contributed by atoms with E-state index in [2.05, 4.69) is 51.6 Å². The van der Waals surface area contributed by atoms with Crippen molar-refractivity contribution in [3.05, 3.63) is 47.7 Å². The Hall–Kier alpha value is -1.30. The van der Waals surface area contributed by atoms with Crippen LogP contribution in [0.15, 0.2) is 47.1 Å². The van der Waals surface area contributed by atoms with Crippen molar-refractivity contribution < 1.29 is 4.79 Å². The second kappa shape index (κ2) is 10.2. The first-order valence-electron chi connectivity index (χ1n) is 13.8. The van der Waals surface area contributed by atoms with Crippen LogP contribution < -0.4 is 5.32 Å². The van der Waals surface area contributed by atoms with Gasteiger partial charge in [-0.25, -0.2) is 4.99 Å². The highest BCUT2D eigenvalue weighted by Gasteiger charge is 2.54. The minimum absolute atomic E-state index is 0.0255. The van der Waals surface area contributed by atoms with Crippen LogP contribution in [0.1, 0.15) is 75.7 Å². The van der Waals surface area contributed by atoms with E-state index in [1.165, 1.54) is 37.7 Å². The zero-order valence-corrected chi connectivity index (χ0v) is 22.2. The number of nitrogens with zero attached hydrogens (tertiary/aromatic N) is 2. The van der Waals surface area contributed by atoms with Crippen molar-refractivity contribution in [2.75, 3.05) is 19.6 Å². The van der Waals surface area contributed by atoms with Gasteiger partial charge in [-0.05, 0) is 68.4 Å². The molecule has 2 bridgehead atoms. The van der Waals surface area contributed by atoms with E-state index in [4.69, 9.17) is 11.6 Å². The van der Waals surface area contributed by atoms with Gasteiger partial charge in [-0.3, -0.25) is 4.79 Å². The number of benzene rings is 1. The van der Waals surface area contributed by atoms with E-state index in [-0.39, 0.29) is 16.6 Å². The number of rotatable bonds is 3. The van der Waals surface area contributed by atoms with Gasteiger partial charge in [0, 0.05) is 42.0 Å². The van der Waals surface area contributed by atoms with Gasteiger partial charge in [-0.1, -0.05) is 73.0 Å². The molecule has 2 aliphatic carbocycles. The van der Waals surface area contributed by atoms with Crippen LogP contribution in [0, 0.1) is 17.3 Å². The fourth-order valence-corrected chi connectivity index (χ4v) is 9.39. The molecule has 0 radical (unpaired) electrons. The molecule has 1 aromatic carbocycles. The number of allylic oxidation sites excluding steroid dienone is 1. The predicted octanol–water partition coefficient (Wildman–Crippen LogP) is 6.33. The molecule has 6 rings (SSSR count). The summed E-state index contributed by atoms with van der Waals surface area (Å²) < 4.78 is 0.649. The first-order chi connectivity index (χ1) is 17.1.